The summed E-state index contributed by atoms with van der Waals surface area (Å²) < 4.78 is 19.3. The van der Waals surface area contributed by atoms with Gasteiger partial charge in [-0.3, -0.25) is 4.79 Å². The third-order valence-corrected chi connectivity index (χ3v) is 6.64. The molecule has 0 saturated heterocycles. The summed E-state index contributed by atoms with van der Waals surface area (Å²) in [6.45, 7) is 0.829. The minimum absolute atomic E-state index is 0.181. The van der Waals surface area contributed by atoms with E-state index in [4.69, 9.17) is 16.3 Å². The highest BCUT2D eigenvalue weighted by Gasteiger charge is 2.17. The van der Waals surface area contributed by atoms with E-state index in [0.717, 1.165) is 16.5 Å². The molecule has 9 heteroatoms. The molecule has 0 saturated carbocycles. The van der Waals surface area contributed by atoms with E-state index >= 15 is 0 Å². The van der Waals surface area contributed by atoms with Crippen molar-refractivity contribution in [2.45, 2.75) is 6.61 Å². The summed E-state index contributed by atoms with van der Waals surface area (Å²) in [6, 6.07) is 25.0. The smallest absolute Gasteiger partial charge is 0.248 e. The van der Waals surface area contributed by atoms with Crippen molar-refractivity contribution in [2.75, 3.05) is 31.3 Å². The SMILES string of the molecule is CN(C)C/C=C/C(=O)Nc1ccc2ncnc(Nc3ccc(OCc4cccc(F)c4)c(Cl)c3)c2c1-c1ccccc1. The molecule has 0 atom stereocenters. The molecule has 0 unspecified atom stereocenters. The van der Waals surface area contributed by atoms with Crippen LogP contribution in [0.4, 0.5) is 21.6 Å². The van der Waals surface area contributed by atoms with Gasteiger partial charge in [0.2, 0.25) is 5.91 Å². The van der Waals surface area contributed by atoms with Gasteiger partial charge >= 0.3 is 0 Å². The van der Waals surface area contributed by atoms with Crippen molar-refractivity contribution in [1.29, 1.82) is 0 Å². The van der Waals surface area contributed by atoms with E-state index in [0.29, 0.717) is 45.6 Å². The number of fused-ring (bicyclic) bond motifs is 1. The van der Waals surface area contributed by atoms with Crippen LogP contribution < -0.4 is 15.4 Å². The van der Waals surface area contributed by atoms with E-state index in [-0.39, 0.29) is 18.3 Å². The van der Waals surface area contributed by atoms with Gasteiger partial charge in [0.15, 0.2) is 0 Å². The topological polar surface area (TPSA) is 79.4 Å². The number of carbonyl (C=O) groups excluding carboxylic acids is 1. The van der Waals surface area contributed by atoms with Crippen LogP contribution in [0.5, 0.6) is 5.75 Å². The Labute approximate surface area is 248 Å². The summed E-state index contributed by atoms with van der Waals surface area (Å²) in [6.07, 6.45) is 4.82. The Morgan fingerprint density at radius 3 is 2.60 bits per heavy atom. The molecule has 5 rings (SSSR count). The molecule has 212 valence electrons. The number of aromatic nitrogens is 2. The Bertz CT molecular complexity index is 1740. The molecule has 1 aromatic heterocycles. The summed E-state index contributed by atoms with van der Waals surface area (Å²) in [4.78, 5) is 23.8. The Hall–Kier alpha value is -4.79. The molecule has 0 spiro atoms. The predicted molar refractivity (Wildman–Crippen MR) is 167 cm³/mol. The zero-order valence-electron chi connectivity index (χ0n) is 23.1. The summed E-state index contributed by atoms with van der Waals surface area (Å²) in [5.41, 5.74) is 4.39. The largest absolute Gasteiger partial charge is 0.487 e. The van der Waals surface area contributed by atoms with Gasteiger partial charge in [-0.15, -0.1) is 0 Å². The summed E-state index contributed by atoms with van der Waals surface area (Å²) >= 11 is 6.55. The fourth-order valence-corrected chi connectivity index (χ4v) is 4.66. The van der Waals surface area contributed by atoms with Crippen LogP contribution in [0.25, 0.3) is 22.0 Å². The molecule has 5 aromatic rings. The van der Waals surface area contributed by atoms with E-state index in [2.05, 4.69) is 20.6 Å². The number of likely N-dealkylation sites (N-methyl/N-ethyl adjacent to an activating group) is 1. The van der Waals surface area contributed by atoms with Gasteiger partial charge in [0, 0.05) is 29.6 Å². The van der Waals surface area contributed by atoms with Crippen molar-refractivity contribution >= 4 is 45.6 Å². The van der Waals surface area contributed by atoms with Gasteiger partial charge in [-0.25, -0.2) is 14.4 Å². The van der Waals surface area contributed by atoms with Gasteiger partial charge in [-0.2, -0.15) is 0 Å². The maximum absolute atomic E-state index is 13.5. The second-order valence-electron chi connectivity index (χ2n) is 9.81. The van der Waals surface area contributed by atoms with E-state index in [1.54, 1.807) is 24.3 Å². The third kappa shape index (κ3) is 7.09. The molecule has 7 nitrogen and oxygen atoms in total. The zero-order valence-corrected chi connectivity index (χ0v) is 23.9. The second kappa shape index (κ2) is 13.2. The molecule has 0 aliphatic heterocycles. The number of amides is 1. The van der Waals surface area contributed by atoms with Crippen molar-refractivity contribution in [3.05, 3.63) is 120 Å². The number of nitrogens with zero attached hydrogens (tertiary/aromatic N) is 3. The van der Waals surface area contributed by atoms with Gasteiger partial charge in [-0.05, 0) is 67.7 Å². The van der Waals surface area contributed by atoms with Crippen LogP contribution in [0, 0.1) is 5.82 Å². The molecule has 1 amide bonds. The normalized spacial score (nSPS) is 11.3. The molecule has 1 heterocycles. The van der Waals surface area contributed by atoms with Crippen LogP contribution in [0.1, 0.15) is 5.56 Å². The highest BCUT2D eigenvalue weighted by Crippen LogP contribution is 2.39. The van der Waals surface area contributed by atoms with Gasteiger partial charge in [0.25, 0.3) is 0 Å². The van der Waals surface area contributed by atoms with E-state index in [1.807, 2.05) is 73.6 Å². The van der Waals surface area contributed by atoms with Crippen molar-refractivity contribution in [3.63, 3.8) is 0 Å². The van der Waals surface area contributed by atoms with E-state index in [9.17, 15) is 9.18 Å². The first-order valence-electron chi connectivity index (χ1n) is 13.3. The molecule has 4 aromatic carbocycles. The monoisotopic (exact) mass is 581 g/mol. The van der Waals surface area contributed by atoms with Crippen LogP contribution >= 0.6 is 11.6 Å². The lowest BCUT2D eigenvalue weighted by Gasteiger charge is -2.17. The minimum atomic E-state index is -0.322. The molecule has 0 aliphatic rings. The highest BCUT2D eigenvalue weighted by atomic mass is 35.5. The molecule has 0 aliphatic carbocycles. The molecule has 0 fully saturated rings. The fourth-order valence-electron chi connectivity index (χ4n) is 4.42. The lowest BCUT2D eigenvalue weighted by atomic mass is 9.98. The van der Waals surface area contributed by atoms with Crippen molar-refractivity contribution in [2.24, 2.45) is 0 Å². The molecule has 0 bridgehead atoms. The second-order valence-corrected chi connectivity index (χ2v) is 10.2. The first-order valence-corrected chi connectivity index (χ1v) is 13.6. The molecule has 2 N–H and O–H groups in total. The number of nitrogens with one attached hydrogen (secondary N) is 2. The standard InChI is InChI=1S/C33H29ClFN5O2/c1-40(2)17-7-12-30(41)39-28-15-14-27-32(31(28)23-9-4-3-5-10-23)33(37-21-36-27)38-25-13-16-29(26(34)19-25)42-20-22-8-6-11-24(35)18-22/h3-16,18-19,21H,17,20H2,1-2H3,(H,39,41)(H,36,37,38)/b12-7+. The van der Waals surface area contributed by atoms with Gasteiger partial charge in [0.05, 0.1) is 15.9 Å². The minimum Gasteiger partial charge on any atom is -0.487 e. The van der Waals surface area contributed by atoms with Crippen LogP contribution in [0.2, 0.25) is 5.02 Å². The van der Waals surface area contributed by atoms with Crippen LogP contribution in [-0.4, -0.2) is 41.4 Å². The summed E-state index contributed by atoms with van der Waals surface area (Å²) in [5.74, 6) is 0.455. The van der Waals surface area contributed by atoms with Crippen LogP contribution in [0.15, 0.2) is 103 Å². The number of halogens is 2. The molecule has 42 heavy (non-hydrogen) atoms. The van der Waals surface area contributed by atoms with E-state index in [1.165, 1.54) is 24.5 Å². The van der Waals surface area contributed by atoms with Crippen molar-refractivity contribution < 1.29 is 13.9 Å². The van der Waals surface area contributed by atoms with Crippen molar-refractivity contribution in [3.8, 4) is 16.9 Å². The molecule has 0 radical (unpaired) electrons. The van der Waals surface area contributed by atoms with Crippen molar-refractivity contribution in [1.82, 2.24) is 14.9 Å². The quantitative estimate of drug-likeness (QED) is 0.167. The third-order valence-electron chi connectivity index (χ3n) is 6.34. The Morgan fingerprint density at radius 2 is 1.83 bits per heavy atom. The maximum Gasteiger partial charge on any atom is 0.248 e. The van der Waals surface area contributed by atoms with Gasteiger partial charge in [0.1, 0.15) is 30.3 Å². The Kier molecular flexibility index (Phi) is 9.06. The van der Waals surface area contributed by atoms with Gasteiger partial charge < -0.3 is 20.3 Å². The Balaban J connectivity index is 1.47. The number of carbonyl (C=O) groups is 1. The number of hydrogen-bond acceptors (Lipinski definition) is 6. The first-order chi connectivity index (χ1) is 20.4. The first kappa shape index (κ1) is 28.7. The number of benzene rings is 4. The number of anilines is 3. The number of hydrogen-bond donors (Lipinski definition) is 2. The summed E-state index contributed by atoms with van der Waals surface area (Å²) in [7, 11) is 3.88. The molecular weight excluding hydrogens is 553 g/mol. The molecular formula is C33H29ClFN5O2. The van der Waals surface area contributed by atoms with Gasteiger partial charge in [-0.1, -0.05) is 60.1 Å². The Morgan fingerprint density at radius 1 is 1.00 bits per heavy atom. The van der Waals surface area contributed by atoms with Crippen LogP contribution in [0.3, 0.4) is 0 Å². The predicted octanol–water partition coefficient (Wildman–Crippen LogP) is 7.47. The lowest BCUT2D eigenvalue weighted by Crippen LogP contribution is -2.13. The lowest BCUT2D eigenvalue weighted by molar-refractivity contribution is -0.111. The fraction of sp³-hybridized carbons (Fsp3) is 0.121. The highest BCUT2D eigenvalue weighted by molar-refractivity contribution is 6.32. The number of ether oxygens (including phenoxy) is 1. The zero-order chi connectivity index (χ0) is 29.5. The average Bonchev–Trinajstić information content (AvgIpc) is 2.97. The van der Waals surface area contributed by atoms with Crippen LogP contribution in [-0.2, 0) is 11.4 Å². The average molecular weight is 582 g/mol. The summed E-state index contributed by atoms with van der Waals surface area (Å²) in [5, 5.41) is 7.51. The number of rotatable bonds is 10. The van der Waals surface area contributed by atoms with E-state index < -0.39 is 0 Å². The maximum atomic E-state index is 13.5.